The Kier molecular flexibility index (Phi) is 22.7. The van der Waals surface area contributed by atoms with Crippen molar-refractivity contribution in [3.63, 3.8) is 0 Å². The van der Waals surface area contributed by atoms with Gasteiger partial charge >= 0.3 is 21.4 Å². The number of Topliss-reactive ketones (excluding diaryl/α,β-unsaturated/α-hetero) is 1. The summed E-state index contributed by atoms with van der Waals surface area (Å²) >= 11 is 0. The SMILES string of the molecule is CC(=O)c1ccc2cc3ccccc3c(CN(CCCCCCN(Cc3ccc(CC(C)C(=O)NCCCCCCN(Cc4ccccc4B(O)O)Cc4ccc5ccc6cccc7ccc4c5c67)cc3)Cc3ccccc3B(O)O)Cc3ccccc3B(O)O)c2c1. The Morgan fingerprint density at radius 2 is 0.849 bits per heavy atom. The summed E-state index contributed by atoms with van der Waals surface area (Å²) < 4.78 is 0. The Labute approximate surface area is 547 Å². The van der Waals surface area contributed by atoms with Crippen LogP contribution in [0.2, 0.25) is 0 Å². The zero-order valence-electron chi connectivity index (χ0n) is 53.6. The number of carbonyl (C=O) groups excluding carboxylic acids is 2. The van der Waals surface area contributed by atoms with Crippen LogP contribution in [0, 0.1) is 5.92 Å². The van der Waals surface area contributed by atoms with Crippen molar-refractivity contribution in [1.29, 1.82) is 0 Å². The molecule has 11 rings (SSSR count). The van der Waals surface area contributed by atoms with Crippen molar-refractivity contribution >= 4 is 103 Å². The van der Waals surface area contributed by atoms with Crippen LogP contribution < -0.4 is 21.7 Å². The molecule has 0 aliphatic heterocycles. The van der Waals surface area contributed by atoms with Crippen molar-refractivity contribution in [3.8, 4) is 0 Å². The molecule has 0 fully saturated rings. The third kappa shape index (κ3) is 16.8. The topological polar surface area (TPSA) is 177 Å². The largest absolute Gasteiger partial charge is 0.488 e. The molecule has 0 saturated carbocycles. The minimum Gasteiger partial charge on any atom is -0.423 e. The van der Waals surface area contributed by atoms with E-state index in [0.29, 0.717) is 74.2 Å². The maximum absolute atomic E-state index is 13.5. The van der Waals surface area contributed by atoms with E-state index in [1.165, 1.54) is 37.9 Å². The second-order valence-corrected chi connectivity index (χ2v) is 25.5. The Hall–Kier alpha value is -8.05. The first-order chi connectivity index (χ1) is 45.2. The molecule has 11 aromatic carbocycles. The standard InChI is InChI=1S/C78H85B3N4O8/c1-55(78(87)82-42-15-3-4-16-44-84(52-67-22-9-13-28-74(67)80(90)91)50-65-39-36-61-35-34-59-24-19-25-60-40-41-70(65)77(61)76(59)60)46-57-30-32-58(33-31-57)49-83(51-66-21-8-12-27-73(66)79(88)89)43-17-5-6-18-45-85(53-68-23-10-14-29-75(68)81(92)93)54-72-69-26-11-7-20-63(69)47-64-38-37-62(56(2)86)48-71(64)72/h7-14,19-41,47-48,55,88-93H,3-6,15-18,42-46,49-54H2,1-2H3,(H,82,87). The molecule has 12 nitrogen and oxygen atoms in total. The second-order valence-electron chi connectivity index (χ2n) is 25.5. The van der Waals surface area contributed by atoms with E-state index in [1.54, 1.807) is 25.1 Å². The highest BCUT2D eigenvalue weighted by atomic mass is 16.4. The first-order valence-electron chi connectivity index (χ1n) is 33.2. The first-order valence-corrected chi connectivity index (χ1v) is 33.2. The number of amides is 1. The molecule has 7 N–H and O–H groups in total. The van der Waals surface area contributed by atoms with Gasteiger partial charge in [0.2, 0.25) is 5.91 Å². The van der Waals surface area contributed by atoms with E-state index in [0.717, 1.165) is 126 Å². The second kappa shape index (κ2) is 31.7. The normalized spacial score (nSPS) is 12.2. The van der Waals surface area contributed by atoms with E-state index in [9.17, 15) is 39.7 Å². The van der Waals surface area contributed by atoms with Gasteiger partial charge < -0.3 is 35.5 Å². The van der Waals surface area contributed by atoms with Crippen molar-refractivity contribution in [2.24, 2.45) is 5.92 Å². The number of benzene rings is 11. The average Bonchev–Trinajstić information content (AvgIpc) is 0.763. The molecule has 93 heavy (non-hydrogen) atoms. The summed E-state index contributed by atoms with van der Waals surface area (Å²) in [5, 5.41) is 77.1. The molecule has 0 bridgehead atoms. The van der Waals surface area contributed by atoms with Gasteiger partial charge in [0.1, 0.15) is 0 Å². The molecular formula is C78H85B3N4O8. The fourth-order valence-electron chi connectivity index (χ4n) is 13.8. The quantitative estimate of drug-likeness (QED) is 0.00685. The first kappa shape index (κ1) is 66.4. The van der Waals surface area contributed by atoms with Crippen LogP contribution in [0.4, 0.5) is 0 Å². The molecule has 474 valence electrons. The van der Waals surface area contributed by atoms with Crippen LogP contribution in [0.25, 0.3) is 53.9 Å². The molecule has 15 heteroatoms. The van der Waals surface area contributed by atoms with E-state index in [1.807, 2.05) is 85.8 Å². The predicted molar refractivity (Wildman–Crippen MR) is 382 cm³/mol. The van der Waals surface area contributed by atoms with Crippen LogP contribution in [0.3, 0.4) is 0 Å². The van der Waals surface area contributed by atoms with Gasteiger partial charge in [0.15, 0.2) is 5.78 Å². The fourth-order valence-corrected chi connectivity index (χ4v) is 13.8. The van der Waals surface area contributed by atoms with E-state index in [-0.39, 0.29) is 17.6 Å². The molecule has 1 amide bonds. The van der Waals surface area contributed by atoms with Gasteiger partial charge in [0.05, 0.1) is 0 Å². The molecule has 0 radical (unpaired) electrons. The number of carbonyl (C=O) groups is 2. The lowest BCUT2D eigenvalue weighted by atomic mass is 9.77. The fraction of sp³-hybridized carbons (Fsp3) is 0.282. The lowest BCUT2D eigenvalue weighted by molar-refractivity contribution is -0.124. The number of hydrogen-bond acceptors (Lipinski definition) is 11. The number of fused-ring (bicyclic) bond motifs is 2. The summed E-state index contributed by atoms with van der Waals surface area (Å²) in [4.78, 5) is 33.3. The molecule has 1 unspecified atom stereocenters. The summed E-state index contributed by atoms with van der Waals surface area (Å²) in [6, 6.07) is 67.4. The van der Waals surface area contributed by atoms with Crippen molar-refractivity contribution in [2.75, 3.05) is 26.2 Å². The Bertz CT molecular complexity index is 4300. The third-order valence-corrected chi connectivity index (χ3v) is 18.8. The molecule has 0 aliphatic rings. The van der Waals surface area contributed by atoms with E-state index in [2.05, 4.69) is 123 Å². The van der Waals surface area contributed by atoms with Gasteiger partial charge in [-0.25, -0.2) is 0 Å². The van der Waals surface area contributed by atoms with Crippen molar-refractivity contribution in [1.82, 2.24) is 20.0 Å². The van der Waals surface area contributed by atoms with Crippen LogP contribution >= 0.6 is 0 Å². The number of rotatable bonds is 33. The Morgan fingerprint density at radius 1 is 0.398 bits per heavy atom. The average molecular weight is 1240 g/mol. The number of nitrogens with one attached hydrogen (secondary N) is 1. The summed E-state index contributed by atoms with van der Waals surface area (Å²) in [5.41, 5.74) is 9.38. The molecule has 0 heterocycles. The van der Waals surface area contributed by atoms with Gasteiger partial charge in [-0.3, -0.25) is 24.3 Å². The van der Waals surface area contributed by atoms with Crippen molar-refractivity contribution in [2.45, 2.75) is 111 Å². The Balaban J connectivity index is 0.670. The molecular weight excluding hydrogens is 1150 g/mol. The smallest absolute Gasteiger partial charge is 0.423 e. The highest BCUT2D eigenvalue weighted by Crippen LogP contribution is 2.37. The van der Waals surface area contributed by atoms with Crippen LogP contribution in [0.15, 0.2) is 200 Å². The maximum atomic E-state index is 13.5. The number of ketones is 1. The van der Waals surface area contributed by atoms with Gasteiger partial charge in [-0.1, -0.05) is 221 Å². The van der Waals surface area contributed by atoms with Gasteiger partial charge in [-0.2, -0.15) is 0 Å². The minimum atomic E-state index is -1.60. The number of unbranched alkanes of at least 4 members (excludes halogenated alkanes) is 6. The van der Waals surface area contributed by atoms with Crippen molar-refractivity contribution < 1.29 is 39.7 Å². The molecule has 11 aromatic rings. The summed E-state index contributed by atoms with van der Waals surface area (Å²) in [7, 11) is -4.74. The molecule has 0 aromatic heterocycles. The molecule has 0 spiro atoms. The van der Waals surface area contributed by atoms with E-state index >= 15 is 0 Å². The summed E-state index contributed by atoms with van der Waals surface area (Å²) in [6.45, 7) is 10.2. The zero-order chi connectivity index (χ0) is 64.8. The molecule has 0 saturated heterocycles. The molecule has 0 aliphatic carbocycles. The third-order valence-electron chi connectivity index (χ3n) is 18.8. The van der Waals surface area contributed by atoms with Crippen LogP contribution in [0.1, 0.15) is 115 Å². The van der Waals surface area contributed by atoms with Gasteiger partial charge in [0, 0.05) is 57.3 Å². The highest BCUT2D eigenvalue weighted by molar-refractivity contribution is 6.60. The van der Waals surface area contributed by atoms with Crippen LogP contribution in [-0.4, -0.2) is 104 Å². The lowest BCUT2D eigenvalue weighted by Crippen LogP contribution is -2.36. The maximum Gasteiger partial charge on any atom is 0.488 e. The number of nitrogens with zero attached hydrogens (tertiary/aromatic N) is 3. The number of hydrogen-bond donors (Lipinski definition) is 7. The summed E-state index contributed by atoms with van der Waals surface area (Å²) in [6.07, 6.45) is 8.20. The van der Waals surface area contributed by atoms with E-state index < -0.39 is 21.4 Å². The minimum absolute atomic E-state index is 0.0144. The van der Waals surface area contributed by atoms with Crippen LogP contribution in [-0.2, 0) is 50.5 Å². The van der Waals surface area contributed by atoms with Crippen LogP contribution in [0.5, 0.6) is 0 Å². The highest BCUT2D eigenvalue weighted by Gasteiger charge is 2.23. The van der Waals surface area contributed by atoms with E-state index in [4.69, 9.17) is 0 Å². The Morgan fingerprint density at radius 3 is 1.43 bits per heavy atom. The summed E-state index contributed by atoms with van der Waals surface area (Å²) in [5.74, 6) is -0.153. The monoisotopic (exact) mass is 1240 g/mol. The predicted octanol–water partition coefficient (Wildman–Crippen LogP) is 11.0. The van der Waals surface area contributed by atoms with Gasteiger partial charge in [0.25, 0.3) is 0 Å². The lowest BCUT2D eigenvalue weighted by Gasteiger charge is -2.26. The molecule has 1 atom stereocenters. The zero-order valence-corrected chi connectivity index (χ0v) is 53.6. The van der Waals surface area contributed by atoms with Crippen molar-refractivity contribution in [3.05, 3.63) is 245 Å². The van der Waals surface area contributed by atoms with Gasteiger partial charge in [-0.05, 0) is 180 Å². The van der Waals surface area contributed by atoms with Gasteiger partial charge in [-0.15, -0.1) is 0 Å².